The maximum Gasteiger partial charge on any atom is 0.309 e. The molecule has 0 spiro atoms. The number of ether oxygens (including phenoxy) is 3. The summed E-state index contributed by atoms with van der Waals surface area (Å²) in [7, 11) is 0. The van der Waals surface area contributed by atoms with Crippen molar-refractivity contribution >= 4 is 17.6 Å². The van der Waals surface area contributed by atoms with Gasteiger partial charge in [0.1, 0.15) is 11.6 Å². The number of amides is 1. The van der Waals surface area contributed by atoms with Crippen LogP contribution in [-0.4, -0.2) is 48.4 Å². The van der Waals surface area contributed by atoms with E-state index in [-0.39, 0.29) is 43.1 Å². The molecule has 0 bridgehead atoms. The molecule has 1 amide bonds. The zero-order chi connectivity index (χ0) is 30.7. The molecule has 3 atom stereocenters. The van der Waals surface area contributed by atoms with Crippen LogP contribution in [0.3, 0.4) is 0 Å². The average molecular weight is 595 g/mol. The zero-order valence-electron chi connectivity index (χ0n) is 24.5. The van der Waals surface area contributed by atoms with Gasteiger partial charge in [-0.15, -0.1) is 0 Å². The molecule has 0 aliphatic carbocycles. The molecule has 8 nitrogen and oxygen atoms in total. The molecule has 0 aromatic heterocycles. The molecule has 1 fully saturated rings. The van der Waals surface area contributed by atoms with E-state index in [9.17, 15) is 23.5 Å². The number of benzene rings is 3. The predicted molar refractivity (Wildman–Crippen MR) is 157 cm³/mol. The molecule has 43 heavy (non-hydrogen) atoms. The van der Waals surface area contributed by atoms with E-state index in [1.54, 1.807) is 18.2 Å². The number of aryl methyl sites for hydroxylation is 2. The van der Waals surface area contributed by atoms with Gasteiger partial charge in [-0.05, 0) is 77.9 Å². The van der Waals surface area contributed by atoms with Crippen LogP contribution in [0, 0.1) is 17.6 Å². The number of fused-ring (bicyclic) bond motifs is 1. The number of likely N-dealkylation sites (tertiary alicyclic amines) is 1. The lowest BCUT2D eigenvalue weighted by Gasteiger charge is -2.27. The number of aliphatic carboxylic acids is 1. The molecule has 3 aromatic rings. The Kier molecular flexibility index (Phi) is 9.15. The first-order chi connectivity index (χ1) is 20.7. The maximum atomic E-state index is 14.9. The standard InChI is InChI=1S/C33H36F2N2O6/c1-4-11-41-24-9-7-21(8-10-24)31-29(33(39)40)25(22-14-26(35)32-27(15-22)42-18-43-32)16-37(31)17-28(38)36-30-19(5-2)12-23(34)13-20(30)6-3/h7-10,12-15,25,29,31H,4-6,11,16-18H2,1-3H3,(H,36,38)(H,39,40)/t25-,29?,31+/m1/s1. The SMILES string of the molecule is CCCOc1ccc([C@H]2C(C(=O)O)[C@@H](c3cc(F)c4c(c3)OCO4)CN2CC(=O)Nc2c(CC)cc(F)cc2CC)cc1. The van der Waals surface area contributed by atoms with Crippen molar-refractivity contribution in [1.82, 2.24) is 4.90 Å². The van der Waals surface area contributed by atoms with Gasteiger partial charge in [-0.25, -0.2) is 8.78 Å². The van der Waals surface area contributed by atoms with Crippen LogP contribution in [0.25, 0.3) is 0 Å². The number of hydrogen-bond donors (Lipinski definition) is 2. The zero-order valence-corrected chi connectivity index (χ0v) is 24.5. The largest absolute Gasteiger partial charge is 0.494 e. The van der Waals surface area contributed by atoms with Crippen LogP contribution >= 0.6 is 0 Å². The normalized spacial score (nSPS) is 19.4. The summed E-state index contributed by atoms with van der Waals surface area (Å²) >= 11 is 0. The Bertz CT molecular complexity index is 1470. The summed E-state index contributed by atoms with van der Waals surface area (Å²) in [6.45, 7) is 6.26. The number of carboxylic acids is 1. The van der Waals surface area contributed by atoms with E-state index >= 15 is 0 Å². The summed E-state index contributed by atoms with van der Waals surface area (Å²) in [6, 6.07) is 12.2. The second-order valence-electron chi connectivity index (χ2n) is 10.9. The Labute approximate surface area is 249 Å². The molecule has 1 saturated heterocycles. The third kappa shape index (κ3) is 6.29. The van der Waals surface area contributed by atoms with E-state index in [0.29, 0.717) is 53.1 Å². The average Bonchev–Trinajstić information content (AvgIpc) is 3.62. The number of nitrogens with one attached hydrogen (secondary N) is 1. The highest BCUT2D eigenvalue weighted by molar-refractivity contribution is 5.94. The fourth-order valence-electron chi connectivity index (χ4n) is 6.12. The topological polar surface area (TPSA) is 97.3 Å². The number of rotatable bonds is 11. The molecule has 2 heterocycles. The number of carboxylic acid groups (broad SMARTS) is 1. The number of nitrogens with zero attached hydrogens (tertiary/aromatic N) is 1. The lowest BCUT2D eigenvalue weighted by atomic mass is 9.82. The summed E-state index contributed by atoms with van der Waals surface area (Å²) in [5, 5.41) is 13.5. The summed E-state index contributed by atoms with van der Waals surface area (Å²) < 4.78 is 45.5. The lowest BCUT2D eigenvalue weighted by molar-refractivity contribution is -0.143. The van der Waals surface area contributed by atoms with Crippen molar-refractivity contribution in [1.29, 1.82) is 0 Å². The van der Waals surface area contributed by atoms with Crippen molar-refractivity contribution in [2.24, 2.45) is 5.92 Å². The van der Waals surface area contributed by atoms with Crippen molar-refractivity contribution in [3.05, 3.63) is 82.4 Å². The Hall–Kier alpha value is -4.18. The molecule has 0 saturated carbocycles. The fourth-order valence-corrected chi connectivity index (χ4v) is 6.12. The minimum Gasteiger partial charge on any atom is -0.494 e. The first-order valence-electron chi connectivity index (χ1n) is 14.6. The van der Waals surface area contributed by atoms with Gasteiger partial charge >= 0.3 is 5.97 Å². The monoisotopic (exact) mass is 594 g/mol. The Balaban J connectivity index is 1.50. The number of hydrogen-bond acceptors (Lipinski definition) is 6. The highest BCUT2D eigenvalue weighted by Crippen LogP contribution is 2.48. The summed E-state index contributed by atoms with van der Waals surface area (Å²) in [4.78, 5) is 28.2. The Morgan fingerprint density at radius 2 is 1.70 bits per heavy atom. The van der Waals surface area contributed by atoms with Gasteiger partial charge in [0.25, 0.3) is 0 Å². The van der Waals surface area contributed by atoms with Crippen LogP contribution in [0.5, 0.6) is 17.2 Å². The highest BCUT2D eigenvalue weighted by atomic mass is 19.1. The number of carbonyl (C=O) groups is 2. The predicted octanol–water partition coefficient (Wildman–Crippen LogP) is 6.09. The van der Waals surface area contributed by atoms with Crippen molar-refractivity contribution in [3.63, 3.8) is 0 Å². The highest BCUT2D eigenvalue weighted by Gasteiger charge is 2.48. The molecule has 2 N–H and O–H groups in total. The number of carbonyl (C=O) groups excluding carboxylic acids is 1. The van der Waals surface area contributed by atoms with E-state index in [4.69, 9.17) is 14.2 Å². The minimum atomic E-state index is -1.07. The number of halogens is 2. The third-order valence-corrected chi connectivity index (χ3v) is 8.09. The van der Waals surface area contributed by atoms with Gasteiger partial charge in [0, 0.05) is 24.2 Å². The van der Waals surface area contributed by atoms with Gasteiger partial charge in [-0.1, -0.05) is 32.9 Å². The lowest BCUT2D eigenvalue weighted by Crippen LogP contribution is -2.35. The molecule has 2 aliphatic heterocycles. The maximum absolute atomic E-state index is 14.9. The van der Waals surface area contributed by atoms with E-state index in [0.717, 1.165) is 6.42 Å². The third-order valence-electron chi connectivity index (χ3n) is 8.09. The minimum absolute atomic E-state index is 0.00169. The van der Waals surface area contributed by atoms with Crippen LogP contribution in [0.4, 0.5) is 14.5 Å². The Morgan fingerprint density at radius 3 is 2.33 bits per heavy atom. The molecular weight excluding hydrogens is 558 g/mol. The van der Waals surface area contributed by atoms with Gasteiger partial charge in [-0.3, -0.25) is 14.5 Å². The first-order valence-corrected chi connectivity index (χ1v) is 14.6. The van der Waals surface area contributed by atoms with E-state index < -0.39 is 29.7 Å². The van der Waals surface area contributed by atoms with Gasteiger partial charge in [0.05, 0.1) is 19.1 Å². The molecule has 2 aliphatic rings. The molecule has 1 unspecified atom stereocenters. The van der Waals surface area contributed by atoms with E-state index in [1.807, 2.05) is 37.8 Å². The molecule has 0 radical (unpaired) electrons. The van der Waals surface area contributed by atoms with Crippen LogP contribution < -0.4 is 19.5 Å². The quantitative estimate of drug-likeness (QED) is 0.277. The molecule has 228 valence electrons. The van der Waals surface area contributed by atoms with Gasteiger partial charge in [0.15, 0.2) is 11.6 Å². The van der Waals surface area contributed by atoms with Gasteiger partial charge in [0.2, 0.25) is 18.4 Å². The van der Waals surface area contributed by atoms with Gasteiger partial charge < -0.3 is 24.6 Å². The second-order valence-corrected chi connectivity index (χ2v) is 10.9. The van der Waals surface area contributed by atoms with Crippen molar-refractivity contribution in [2.75, 3.05) is 31.8 Å². The van der Waals surface area contributed by atoms with Crippen molar-refractivity contribution in [2.45, 2.75) is 52.0 Å². The fraction of sp³-hybridized carbons (Fsp3) is 0.394. The van der Waals surface area contributed by atoms with Crippen LogP contribution in [0.1, 0.15) is 61.4 Å². The van der Waals surface area contributed by atoms with Crippen molar-refractivity contribution in [3.8, 4) is 17.2 Å². The summed E-state index contributed by atoms with van der Waals surface area (Å²) in [5.41, 5.74) is 3.09. The summed E-state index contributed by atoms with van der Waals surface area (Å²) in [5.74, 6) is -3.19. The van der Waals surface area contributed by atoms with Crippen molar-refractivity contribution < 1.29 is 37.7 Å². The molecule has 10 heteroatoms. The van der Waals surface area contributed by atoms with Crippen LogP contribution in [0.15, 0.2) is 48.5 Å². The van der Waals surface area contributed by atoms with E-state index in [2.05, 4.69) is 5.32 Å². The number of anilines is 1. The van der Waals surface area contributed by atoms with E-state index in [1.165, 1.54) is 18.2 Å². The summed E-state index contributed by atoms with van der Waals surface area (Å²) in [6.07, 6.45) is 1.89. The van der Waals surface area contributed by atoms with Gasteiger partial charge in [-0.2, -0.15) is 0 Å². The molecular formula is C33H36F2N2O6. The molecule has 5 rings (SSSR count). The van der Waals surface area contributed by atoms with Crippen LogP contribution in [0.2, 0.25) is 0 Å². The smallest absolute Gasteiger partial charge is 0.309 e. The Morgan fingerprint density at radius 1 is 1.00 bits per heavy atom. The molecule has 3 aromatic carbocycles. The van der Waals surface area contributed by atoms with Crippen LogP contribution in [-0.2, 0) is 22.4 Å². The second kappa shape index (κ2) is 13.0. The first kappa shape index (κ1) is 30.3.